The van der Waals surface area contributed by atoms with Gasteiger partial charge in [-0.2, -0.15) is 5.06 Å². The summed E-state index contributed by atoms with van der Waals surface area (Å²) in [5.41, 5.74) is 1.20. The summed E-state index contributed by atoms with van der Waals surface area (Å²) in [5, 5.41) is 1.96. The van der Waals surface area contributed by atoms with E-state index in [1.165, 1.54) is 11.5 Å². The van der Waals surface area contributed by atoms with Crippen molar-refractivity contribution in [2.75, 3.05) is 7.05 Å². The first kappa shape index (κ1) is 11.2. The van der Waals surface area contributed by atoms with Gasteiger partial charge in [-0.05, 0) is 49.8 Å². The Kier molecular flexibility index (Phi) is 3.12. The molecule has 3 nitrogen and oxygen atoms in total. The molecular formula is C14H15N2O. The topological polar surface area (TPSA) is 25.4 Å². The number of hydrogen-bond donors (Lipinski definition) is 0. The molecule has 2 heterocycles. The molecule has 1 aromatic rings. The molecular weight excluding hydrogens is 212 g/mol. The van der Waals surface area contributed by atoms with Crippen molar-refractivity contribution >= 4 is 0 Å². The zero-order chi connectivity index (χ0) is 11.7. The Hall–Kier alpha value is -0.930. The van der Waals surface area contributed by atoms with E-state index in [0.29, 0.717) is 6.04 Å². The van der Waals surface area contributed by atoms with Gasteiger partial charge in [0.15, 0.2) is 0 Å². The molecule has 0 aromatic carbocycles. The summed E-state index contributed by atoms with van der Waals surface area (Å²) in [6.07, 6.45) is 13.2. The minimum Gasteiger partial charge on any atom is -0.291 e. The summed E-state index contributed by atoms with van der Waals surface area (Å²) in [7, 11) is 2.00. The SMILES string of the molecule is CN1OC(c2ccncc2)CC1[C]1[CH][CH][CH][CH]1. The molecule has 0 spiro atoms. The predicted molar refractivity (Wildman–Crippen MR) is 64.7 cm³/mol. The van der Waals surface area contributed by atoms with Crippen LogP contribution in [0.2, 0.25) is 0 Å². The van der Waals surface area contributed by atoms with Crippen molar-refractivity contribution in [2.45, 2.75) is 18.6 Å². The average molecular weight is 227 g/mol. The molecule has 87 valence electrons. The third-order valence-corrected chi connectivity index (χ3v) is 3.32. The Morgan fingerprint density at radius 3 is 2.65 bits per heavy atom. The predicted octanol–water partition coefficient (Wildman–Crippen LogP) is 2.16. The van der Waals surface area contributed by atoms with Gasteiger partial charge in [-0.25, -0.2) is 0 Å². The van der Waals surface area contributed by atoms with Gasteiger partial charge in [-0.1, -0.05) is 0 Å². The van der Waals surface area contributed by atoms with Crippen LogP contribution < -0.4 is 0 Å². The largest absolute Gasteiger partial charge is 0.291 e. The standard InChI is InChI=1S/C14H15N2O/c1-16-13(11-4-2-3-5-11)10-14(17-16)12-6-8-15-9-7-12/h2-9,13-14H,10H2,1H3. The van der Waals surface area contributed by atoms with E-state index in [9.17, 15) is 0 Å². The lowest BCUT2D eigenvalue weighted by molar-refractivity contribution is -0.141. The maximum absolute atomic E-state index is 5.89. The van der Waals surface area contributed by atoms with E-state index in [0.717, 1.165) is 6.42 Å². The van der Waals surface area contributed by atoms with Crippen molar-refractivity contribution < 1.29 is 4.84 Å². The number of aromatic nitrogens is 1. The van der Waals surface area contributed by atoms with Crippen LogP contribution in [0.4, 0.5) is 0 Å². The summed E-state index contributed by atoms with van der Waals surface area (Å²) in [5.74, 6) is 1.32. The molecule has 1 saturated carbocycles. The van der Waals surface area contributed by atoms with E-state index >= 15 is 0 Å². The Balaban J connectivity index is 1.71. The van der Waals surface area contributed by atoms with Gasteiger partial charge in [0.2, 0.25) is 0 Å². The van der Waals surface area contributed by atoms with Crippen LogP contribution in [0.1, 0.15) is 18.1 Å². The molecule has 2 atom stereocenters. The fourth-order valence-corrected chi connectivity index (χ4v) is 2.40. The summed E-state index contributed by atoms with van der Waals surface area (Å²) in [6.45, 7) is 0. The van der Waals surface area contributed by atoms with Gasteiger partial charge in [-0.15, -0.1) is 0 Å². The monoisotopic (exact) mass is 227 g/mol. The van der Waals surface area contributed by atoms with Crippen LogP contribution in [0.25, 0.3) is 0 Å². The van der Waals surface area contributed by atoms with Crippen LogP contribution in [0.5, 0.6) is 0 Å². The maximum atomic E-state index is 5.89. The number of hydroxylamine groups is 2. The first-order valence-corrected chi connectivity index (χ1v) is 5.86. The zero-order valence-corrected chi connectivity index (χ0v) is 9.78. The fraction of sp³-hybridized carbons (Fsp3) is 0.286. The molecule has 3 rings (SSSR count). The Bertz CT molecular complexity index is 362. The van der Waals surface area contributed by atoms with Gasteiger partial charge in [0.05, 0.1) is 0 Å². The van der Waals surface area contributed by atoms with Crippen molar-refractivity contribution in [1.82, 2.24) is 10.0 Å². The van der Waals surface area contributed by atoms with Gasteiger partial charge in [0, 0.05) is 31.4 Å². The van der Waals surface area contributed by atoms with Crippen LogP contribution in [0, 0.1) is 31.6 Å². The summed E-state index contributed by atoms with van der Waals surface area (Å²) < 4.78 is 0. The summed E-state index contributed by atoms with van der Waals surface area (Å²) >= 11 is 0. The lowest BCUT2D eigenvalue weighted by Gasteiger charge is -2.22. The number of hydrogen-bond acceptors (Lipinski definition) is 3. The second-order valence-corrected chi connectivity index (χ2v) is 4.39. The number of nitrogens with zero attached hydrogens (tertiary/aromatic N) is 2. The third-order valence-electron chi connectivity index (χ3n) is 3.32. The van der Waals surface area contributed by atoms with Crippen molar-refractivity contribution in [1.29, 1.82) is 0 Å². The molecule has 1 aromatic heterocycles. The Morgan fingerprint density at radius 1 is 1.24 bits per heavy atom. The van der Waals surface area contributed by atoms with E-state index in [2.05, 4.69) is 30.7 Å². The summed E-state index contributed by atoms with van der Waals surface area (Å²) in [4.78, 5) is 9.92. The second kappa shape index (κ2) is 4.75. The van der Waals surface area contributed by atoms with Gasteiger partial charge in [0.1, 0.15) is 6.10 Å². The number of rotatable bonds is 2. The molecule has 3 heteroatoms. The van der Waals surface area contributed by atoms with Crippen molar-refractivity contribution in [2.24, 2.45) is 0 Å². The molecule has 1 aliphatic carbocycles. The Morgan fingerprint density at radius 2 is 1.94 bits per heavy atom. The molecule has 2 aliphatic rings. The molecule has 0 bridgehead atoms. The maximum Gasteiger partial charge on any atom is 0.106 e. The molecule has 5 radical (unpaired) electrons. The van der Waals surface area contributed by atoms with E-state index in [1.807, 2.05) is 36.6 Å². The molecule has 1 saturated heterocycles. The normalized spacial score (nSPS) is 31.1. The molecule has 17 heavy (non-hydrogen) atoms. The quantitative estimate of drug-likeness (QED) is 0.774. The lowest BCUT2D eigenvalue weighted by Crippen LogP contribution is -2.29. The summed E-state index contributed by atoms with van der Waals surface area (Å²) in [6, 6.07) is 4.39. The van der Waals surface area contributed by atoms with Gasteiger partial charge in [0.25, 0.3) is 0 Å². The second-order valence-electron chi connectivity index (χ2n) is 4.39. The average Bonchev–Trinajstić information content (AvgIpc) is 2.99. The molecule has 0 N–H and O–H groups in total. The van der Waals surface area contributed by atoms with Gasteiger partial charge < -0.3 is 0 Å². The third kappa shape index (κ3) is 2.22. The highest BCUT2D eigenvalue weighted by Crippen LogP contribution is 2.40. The first-order valence-electron chi connectivity index (χ1n) is 5.86. The molecule has 2 fully saturated rings. The van der Waals surface area contributed by atoms with Gasteiger partial charge in [-0.3, -0.25) is 9.82 Å². The van der Waals surface area contributed by atoms with Crippen molar-refractivity contribution in [3.63, 3.8) is 0 Å². The fourth-order valence-electron chi connectivity index (χ4n) is 2.40. The highest BCUT2D eigenvalue weighted by atomic mass is 16.7. The van der Waals surface area contributed by atoms with Crippen LogP contribution >= 0.6 is 0 Å². The zero-order valence-electron chi connectivity index (χ0n) is 9.78. The van der Waals surface area contributed by atoms with Crippen LogP contribution in [0.15, 0.2) is 24.5 Å². The highest BCUT2D eigenvalue weighted by molar-refractivity contribution is 5.39. The smallest absolute Gasteiger partial charge is 0.106 e. The Labute approximate surface area is 103 Å². The van der Waals surface area contributed by atoms with E-state index in [-0.39, 0.29) is 6.10 Å². The van der Waals surface area contributed by atoms with Crippen LogP contribution in [-0.2, 0) is 4.84 Å². The minimum atomic E-state index is 0.142. The molecule has 1 aliphatic heterocycles. The van der Waals surface area contributed by atoms with Crippen LogP contribution in [0.3, 0.4) is 0 Å². The van der Waals surface area contributed by atoms with E-state index in [1.54, 1.807) is 0 Å². The van der Waals surface area contributed by atoms with E-state index < -0.39 is 0 Å². The van der Waals surface area contributed by atoms with E-state index in [4.69, 9.17) is 4.84 Å². The highest BCUT2D eigenvalue weighted by Gasteiger charge is 2.38. The number of pyridine rings is 1. The molecule has 2 unspecified atom stereocenters. The van der Waals surface area contributed by atoms with Crippen LogP contribution in [-0.4, -0.2) is 23.1 Å². The van der Waals surface area contributed by atoms with Gasteiger partial charge >= 0.3 is 0 Å². The molecule has 0 amide bonds. The van der Waals surface area contributed by atoms with Crippen molar-refractivity contribution in [3.05, 3.63) is 61.7 Å². The lowest BCUT2D eigenvalue weighted by atomic mass is 9.92. The minimum absolute atomic E-state index is 0.142. The first-order chi connectivity index (χ1) is 8.34. The van der Waals surface area contributed by atoms with Crippen molar-refractivity contribution in [3.8, 4) is 0 Å².